The van der Waals surface area contributed by atoms with E-state index in [4.69, 9.17) is 0 Å². The highest BCUT2D eigenvalue weighted by Gasteiger charge is 2.39. The Labute approximate surface area is 91.1 Å². The van der Waals surface area contributed by atoms with E-state index in [0.29, 0.717) is 13.0 Å². The molecule has 5 heteroatoms. The Hall–Kier alpha value is -1.70. The molecule has 0 saturated carbocycles. The minimum Gasteiger partial charge on any atom is -0.353 e. The third-order valence-corrected chi connectivity index (χ3v) is 1.94. The van der Waals surface area contributed by atoms with E-state index in [-0.39, 0.29) is 5.56 Å². The fraction of sp³-hybridized carbons (Fsp3) is 0.364. The molecule has 0 unspecified atom stereocenters. The van der Waals surface area contributed by atoms with Gasteiger partial charge < -0.3 is 4.57 Å². The summed E-state index contributed by atoms with van der Waals surface area (Å²) in [5, 5.41) is 0. The van der Waals surface area contributed by atoms with E-state index < -0.39 is 12.0 Å². The third-order valence-electron chi connectivity index (χ3n) is 1.94. The van der Waals surface area contributed by atoms with Crippen molar-refractivity contribution in [3.05, 3.63) is 24.0 Å². The average Bonchev–Trinajstić information content (AvgIpc) is 2.64. The van der Waals surface area contributed by atoms with E-state index in [2.05, 4.69) is 11.8 Å². The van der Waals surface area contributed by atoms with E-state index in [1.807, 2.05) is 0 Å². The molecule has 0 aliphatic rings. The quantitative estimate of drug-likeness (QED) is 0.577. The molecule has 0 bridgehead atoms. The molecule has 1 rings (SSSR count). The van der Waals surface area contributed by atoms with Crippen molar-refractivity contribution in [1.29, 1.82) is 0 Å². The normalized spacial score (nSPS) is 10.8. The third kappa shape index (κ3) is 3.16. The van der Waals surface area contributed by atoms with Gasteiger partial charge in [0.05, 0.1) is 0 Å². The van der Waals surface area contributed by atoms with Gasteiger partial charge in [-0.15, -0.1) is 11.8 Å². The van der Waals surface area contributed by atoms with Gasteiger partial charge in [-0.3, -0.25) is 4.79 Å². The molecule has 0 fully saturated rings. The molecule has 1 aromatic rings. The largest absolute Gasteiger partial charge is 0.454 e. The molecule has 0 N–H and O–H groups in total. The molecule has 1 aromatic heterocycles. The van der Waals surface area contributed by atoms with Gasteiger partial charge in [0.25, 0.3) is 5.78 Å². The van der Waals surface area contributed by atoms with Crippen molar-refractivity contribution in [3.8, 4) is 11.8 Å². The number of nitrogens with zero attached hydrogens (tertiary/aromatic N) is 1. The Morgan fingerprint density at radius 1 is 1.50 bits per heavy atom. The van der Waals surface area contributed by atoms with Crippen molar-refractivity contribution >= 4 is 5.78 Å². The predicted molar refractivity (Wildman–Crippen MR) is 52.9 cm³/mol. The maximum atomic E-state index is 12.1. The van der Waals surface area contributed by atoms with E-state index >= 15 is 0 Å². The first-order valence-corrected chi connectivity index (χ1v) is 4.62. The molecular weight excluding hydrogens is 219 g/mol. The highest BCUT2D eigenvalue weighted by Crippen LogP contribution is 2.21. The van der Waals surface area contributed by atoms with Gasteiger partial charge in [-0.1, -0.05) is 0 Å². The van der Waals surface area contributed by atoms with Crippen LogP contribution < -0.4 is 0 Å². The Morgan fingerprint density at radius 3 is 2.75 bits per heavy atom. The number of alkyl halides is 3. The van der Waals surface area contributed by atoms with Crippen LogP contribution in [-0.4, -0.2) is 16.5 Å². The second-order valence-corrected chi connectivity index (χ2v) is 3.14. The van der Waals surface area contributed by atoms with Crippen molar-refractivity contribution in [2.24, 2.45) is 0 Å². The fourth-order valence-corrected chi connectivity index (χ4v) is 1.19. The number of hydrogen-bond donors (Lipinski definition) is 0. The van der Waals surface area contributed by atoms with Gasteiger partial charge >= 0.3 is 6.18 Å². The van der Waals surface area contributed by atoms with Crippen LogP contribution in [0.3, 0.4) is 0 Å². The van der Waals surface area contributed by atoms with Gasteiger partial charge in [0.2, 0.25) is 0 Å². The van der Waals surface area contributed by atoms with E-state index in [0.717, 1.165) is 6.07 Å². The van der Waals surface area contributed by atoms with Crippen molar-refractivity contribution in [2.75, 3.05) is 0 Å². The van der Waals surface area contributed by atoms with Gasteiger partial charge in [-0.05, 0) is 13.0 Å². The van der Waals surface area contributed by atoms with Crippen molar-refractivity contribution in [1.82, 2.24) is 4.57 Å². The number of ketones is 1. The first kappa shape index (κ1) is 12.4. The number of carbonyl (C=O) groups excluding carboxylic acids is 1. The van der Waals surface area contributed by atoms with Crippen LogP contribution in [0.2, 0.25) is 0 Å². The molecule has 2 nitrogen and oxygen atoms in total. The SMILES string of the molecule is CC#CCCn1ccc(C(=O)C(F)(F)F)c1. The average molecular weight is 229 g/mol. The smallest absolute Gasteiger partial charge is 0.353 e. The number of carbonyl (C=O) groups is 1. The summed E-state index contributed by atoms with van der Waals surface area (Å²) >= 11 is 0. The molecule has 0 atom stereocenters. The minimum atomic E-state index is -4.81. The molecule has 0 saturated heterocycles. The van der Waals surface area contributed by atoms with E-state index in [9.17, 15) is 18.0 Å². The number of hydrogen-bond acceptors (Lipinski definition) is 1. The van der Waals surface area contributed by atoms with Gasteiger partial charge in [-0.25, -0.2) is 0 Å². The van der Waals surface area contributed by atoms with Crippen LogP contribution in [0.15, 0.2) is 18.5 Å². The standard InChI is InChI=1S/C11H10F3NO/c1-2-3-4-6-15-7-5-9(8-15)10(16)11(12,13)14/h5,7-8H,4,6H2,1H3. The Kier molecular flexibility index (Phi) is 3.78. The zero-order valence-electron chi connectivity index (χ0n) is 8.64. The number of halogens is 3. The maximum Gasteiger partial charge on any atom is 0.454 e. The second-order valence-electron chi connectivity index (χ2n) is 3.14. The molecule has 0 aromatic carbocycles. The maximum absolute atomic E-state index is 12.1. The minimum absolute atomic E-state index is 0.336. The predicted octanol–water partition coefficient (Wildman–Crippen LogP) is 2.65. The Bertz CT molecular complexity index is 434. The Morgan fingerprint density at radius 2 is 2.19 bits per heavy atom. The molecule has 0 aliphatic heterocycles. The highest BCUT2D eigenvalue weighted by atomic mass is 19.4. The van der Waals surface area contributed by atoms with Gasteiger partial charge in [0, 0.05) is 30.9 Å². The lowest BCUT2D eigenvalue weighted by atomic mass is 10.2. The van der Waals surface area contributed by atoms with E-state index in [1.54, 1.807) is 6.92 Å². The topological polar surface area (TPSA) is 22.0 Å². The molecule has 0 amide bonds. The van der Waals surface area contributed by atoms with E-state index in [1.165, 1.54) is 17.0 Å². The fourth-order valence-electron chi connectivity index (χ4n) is 1.19. The summed E-state index contributed by atoms with van der Waals surface area (Å²) in [7, 11) is 0. The van der Waals surface area contributed by atoms with Crippen LogP contribution in [0.4, 0.5) is 13.2 Å². The highest BCUT2D eigenvalue weighted by molar-refractivity contribution is 6.00. The van der Waals surface area contributed by atoms with Crippen LogP contribution in [0.25, 0.3) is 0 Å². The van der Waals surface area contributed by atoms with Crippen LogP contribution in [0, 0.1) is 11.8 Å². The number of aryl methyl sites for hydroxylation is 1. The van der Waals surface area contributed by atoms with Gasteiger partial charge in [0.1, 0.15) is 0 Å². The van der Waals surface area contributed by atoms with Crippen LogP contribution >= 0.6 is 0 Å². The van der Waals surface area contributed by atoms with Gasteiger partial charge in [0.15, 0.2) is 0 Å². The summed E-state index contributed by atoms with van der Waals surface area (Å²) in [6.07, 6.45) is -1.64. The zero-order valence-corrected chi connectivity index (χ0v) is 8.64. The number of rotatable bonds is 3. The second kappa shape index (κ2) is 4.88. The van der Waals surface area contributed by atoms with Crippen molar-refractivity contribution < 1.29 is 18.0 Å². The summed E-state index contributed by atoms with van der Waals surface area (Å²) in [4.78, 5) is 10.8. The lowest BCUT2D eigenvalue weighted by Crippen LogP contribution is -2.22. The number of aromatic nitrogens is 1. The monoisotopic (exact) mass is 229 g/mol. The molecule has 16 heavy (non-hydrogen) atoms. The summed E-state index contributed by atoms with van der Waals surface area (Å²) < 4.78 is 37.7. The summed E-state index contributed by atoms with van der Waals surface area (Å²) in [6.45, 7) is 2.17. The van der Waals surface area contributed by atoms with Crippen LogP contribution in [-0.2, 0) is 6.54 Å². The lowest BCUT2D eigenvalue weighted by Gasteiger charge is -2.02. The lowest BCUT2D eigenvalue weighted by molar-refractivity contribution is -0.0885. The van der Waals surface area contributed by atoms with Gasteiger partial charge in [-0.2, -0.15) is 13.2 Å². The first-order valence-electron chi connectivity index (χ1n) is 4.62. The first-order chi connectivity index (χ1) is 7.45. The zero-order chi connectivity index (χ0) is 12.2. The summed E-state index contributed by atoms with van der Waals surface area (Å²) in [5.74, 6) is 3.66. The molecular formula is C11H10F3NO. The van der Waals surface area contributed by atoms with Crippen LogP contribution in [0.1, 0.15) is 23.7 Å². The number of Topliss-reactive ketones (excluding diaryl/α,β-unsaturated/α-hetero) is 1. The molecule has 86 valence electrons. The van der Waals surface area contributed by atoms with Crippen molar-refractivity contribution in [2.45, 2.75) is 26.1 Å². The molecule has 0 radical (unpaired) electrons. The summed E-state index contributed by atoms with van der Waals surface area (Å²) in [5.41, 5.74) is -0.336. The Balaban J connectivity index is 2.70. The molecule has 0 spiro atoms. The van der Waals surface area contributed by atoms with Crippen LogP contribution in [0.5, 0.6) is 0 Å². The molecule has 0 aliphatic carbocycles. The summed E-state index contributed by atoms with van der Waals surface area (Å²) in [6, 6.07) is 1.16. The molecule has 1 heterocycles. The van der Waals surface area contributed by atoms with Crippen molar-refractivity contribution in [3.63, 3.8) is 0 Å².